The van der Waals surface area contributed by atoms with Gasteiger partial charge in [-0.05, 0) is 37.6 Å². The topological polar surface area (TPSA) is 67.3 Å². The number of pyridine rings is 1. The van der Waals surface area contributed by atoms with Gasteiger partial charge in [-0.1, -0.05) is 18.2 Å². The summed E-state index contributed by atoms with van der Waals surface area (Å²) in [4.78, 5) is 15.8. The molecule has 8 heteroatoms. The minimum absolute atomic E-state index is 0.0668. The van der Waals surface area contributed by atoms with Crippen LogP contribution in [-0.2, 0) is 16.6 Å². The van der Waals surface area contributed by atoms with Crippen molar-refractivity contribution in [3.8, 4) is 0 Å². The number of rotatable bonds is 6. The lowest BCUT2D eigenvalue weighted by molar-refractivity contribution is 0.102. The van der Waals surface area contributed by atoms with Crippen LogP contribution in [0, 0.1) is 5.95 Å². The average molecular weight is 392 g/mol. The molecular formula is C18H17FN2O3S2. The molecule has 0 aliphatic heterocycles. The SMILES string of the molecule is CCS(=O)(=O)N(Cc1ccnc(F)c1)c1sc2ccccc2c1C(C)=O. The smallest absolute Gasteiger partial charge is 0.235 e. The van der Waals surface area contributed by atoms with E-state index in [4.69, 9.17) is 0 Å². The molecule has 26 heavy (non-hydrogen) atoms. The van der Waals surface area contributed by atoms with E-state index in [1.807, 2.05) is 18.2 Å². The van der Waals surface area contributed by atoms with Crippen molar-refractivity contribution >= 4 is 42.2 Å². The van der Waals surface area contributed by atoms with E-state index in [0.717, 1.165) is 10.1 Å². The maximum Gasteiger partial charge on any atom is 0.235 e. The Morgan fingerprint density at radius 2 is 2.00 bits per heavy atom. The molecule has 136 valence electrons. The van der Waals surface area contributed by atoms with Crippen LogP contribution in [0.1, 0.15) is 29.8 Å². The molecule has 3 rings (SSSR count). The molecule has 0 N–H and O–H groups in total. The number of ketones is 1. The zero-order valence-corrected chi connectivity index (χ0v) is 15.9. The first-order valence-electron chi connectivity index (χ1n) is 7.96. The molecule has 0 bridgehead atoms. The van der Waals surface area contributed by atoms with Crippen molar-refractivity contribution in [1.29, 1.82) is 0 Å². The first-order chi connectivity index (χ1) is 12.3. The Balaban J connectivity index is 2.21. The molecule has 0 aliphatic rings. The summed E-state index contributed by atoms with van der Waals surface area (Å²) in [7, 11) is -3.68. The van der Waals surface area contributed by atoms with E-state index in [-0.39, 0.29) is 18.1 Å². The van der Waals surface area contributed by atoms with Gasteiger partial charge < -0.3 is 0 Å². The van der Waals surface area contributed by atoms with Crippen LogP contribution in [0.15, 0.2) is 42.6 Å². The van der Waals surface area contributed by atoms with Gasteiger partial charge in [0.25, 0.3) is 0 Å². The Labute approximate surface area is 155 Å². The van der Waals surface area contributed by atoms with Crippen LogP contribution in [0.25, 0.3) is 10.1 Å². The van der Waals surface area contributed by atoms with E-state index in [1.165, 1.54) is 41.8 Å². The van der Waals surface area contributed by atoms with Crippen molar-refractivity contribution in [3.05, 3.63) is 59.7 Å². The summed E-state index contributed by atoms with van der Waals surface area (Å²) in [6.07, 6.45) is 1.29. The molecule has 0 atom stereocenters. The lowest BCUT2D eigenvalue weighted by Gasteiger charge is -2.23. The summed E-state index contributed by atoms with van der Waals surface area (Å²) in [6, 6.07) is 10.0. The van der Waals surface area contributed by atoms with E-state index in [9.17, 15) is 17.6 Å². The third kappa shape index (κ3) is 3.47. The lowest BCUT2D eigenvalue weighted by atomic mass is 10.1. The number of fused-ring (bicyclic) bond motifs is 1. The number of benzene rings is 1. The highest BCUT2D eigenvalue weighted by Gasteiger charge is 2.28. The Bertz CT molecular complexity index is 1080. The van der Waals surface area contributed by atoms with E-state index in [1.54, 1.807) is 12.1 Å². The van der Waals surface area contributed by atoms with Gasteiger partial charge in [0, 0.05) is 16.3 Å². The number of carbonyl (C=O) groups is 1. The van der Waals surface area contributed by atoms with Gasteiger partial charge in [0.05, 0.1) is 17.9 Å². The van der Waals surface area contributed by atoms with E-state index >= 15 is 0 Å². The lowest BCUT2D eigenvalue weighted by Crippen LogP contribution is -2.32. The molecule has 2 aromatic heterocycles. The molecule has 2 heterocycles. The van der Waals surface area contributed by atoms with Gasteiger partial charge in [0.15, 0.2) is 5.78 Å². The van der Waals surface area contributed by atoms with Crippen molar-refractivity contribution in [2.45, 2.75) is 20.4 Å². The second-order valence-electron chi connectivity index (χ2n) is 5.73. The minimum atomic E-state index is -3.68. The van der Waals surface area contributed by atoms with Crippen molar-refractivity contribution in [3.63, 3.8) is 0 Å². The number of sulfonamides is 1. The number of halogens is 1. The third-order valence-electron chi connectivity index (χ3n) is 3.97. The van der Waals surface area contributed by atoms with Crippen LogP contribution < -0.4 is 4.31 Å². The highest BCUT2D eigenvalue weighted by molar-refractivity contribution is 7.92. The van der Waals surface area contributed by atoms with Crippen LogP contribution in [0.5, 0.6) is 0 Å². The number of carbonyl (C=O) groups excluding carboxylic acids is 1. The van der Waals surface area contributed by atoms with E-state index < -0.39 is 16.0 Å². The fraction of sp³-hybridized carbons (Fsp3) is 0.222. The predicted octanol–water partition coefficient (Wildman–Crippen LogP) is 3.99. The Morgan fingerprint density at radius 3 is 2.65 bits per heavy atom. The summed E-state index contributed by atoms with van der Waals surface area (Å²) in [5, 5.41) is 1.08. The monoisotopic (exact) mass is 392 g/mol. The zero-order chi connectivity index (χ0) is 18.9. The number of anilines is 1. The molecule has 5 nitrogen and oxygen atoms in total. The van der Waals surface area contributed by atoms with Crippen LogP contribution in [0.3, 0.4) is 0 Å². The number of Topliss-reactive ketones (excluding diaryl/α,β-unsaturated/α-hetero) is 1. The highest BCUT2D eigenvalue weighted by Crippen LogP contribution is 2.40. The number of thiophene rings is 1. The van der Waals surface area contributed by atoms with Crippen molar-refractivity contribution in [2.75, 3.05) is 10.1 Å². The second kappa shape index (κ2) is 7.13. The predicted molar refractivity (Wildman–Crippen MR) is 102 cm³/mol. The molecule has 1 aromatic carbocycles. The normalized spacial score (nSPS) is 11.7. The molecule has 0 saturated carbocycles. The van der Waals surface area contributed by atoms with Gasteiger partial charge in [0.1, 0.15) is 5.00 Å². The molecule has 0 spiro atoms. The van der Waals surface area contributed by atoms with Gasteiger partial charge in [-0.15, -0.1) is 11.3 Å². The van der Waals surface area contributed by atoms with Gasteiger partial charge in [-0.2, -0.15) is 4.39 Å². The molecule has 0 saturated heterocycles. The minimum Gasteiger partial charge on any atom is -0.294 e. The summed E-state index contributed by atoms with van der Waals surface area (Å²) in [6.45, 7) is 2.89. The molecule has 3 aromatic rings. The molecule has 0 amide bonds. The number of aromatic nitrogens is 1. The van der Waals surface area contributed by atoms with Crippen LogP contribution in [-0.4, -0.2) is 24.9 Å². The van der Waals surface area contributed by atoms with E-state index in [0.29, 0.717) is 16.1 Å². The summed E-state index contributed by atoms with van der Waals surface area (Å²) < 4.78 is 41.0. The first kappa shape index (κ1) is 18.5. The number of nitrogens with zero attached hydrogens (tertiary/aromatic N) is 2. The molecule has 0 radical (unpaired) electrons. The molecule has 0 unspecified atom stereocenters. The standard InChI is InChI=1S/C18H17FN2O3S2/c1-3-26(23,24)21(11-13-8-9-20-16(19)10-13)18-17(12(2)22)14-6-4-5-7-15(14)25-18/h4-10H,3,11H2,1-2H3. The fourth-order valence-electron chi connectivity index (χ4n) is 2.71. The zero-order valence-electron chi connectivity index (χ0n) is 14.3. The molecular weight excluding hydrogens is 375 g/mol. The number of hydrogen-bond donors (Lipinski definition) is 0. The Kier molecular flexibility index (Phi) is 5.06. The summed E-state index contributed by atoms with van der Waals surface area (Å²) >= 11 is 1.24. The summed E-state index contributed by atoms with van der Waals surface area (Å²) in [5.41, 5.74) is 0.832. The quantitative estimate of drug-likeness (QED) is 0.470. The van der Waals surface area contributed by atoms with Crippen molar-refractivity contribution in [2.24, 2.45) is 0 Å². The van der Waals surface area contributed by atoms with Crippen molar-refractivity contribution < 1.29 is 17.6 Å². The second-order valence-corrected chi connectivity index (χ2v) is 8.94. The van der Waals surface area contributed by atoms with Crippen LogP contribution >= 0.6 is 11.3 Å². The summed E-state index contributed by atoms with van der Waals surface area (Å²) in [5.74, 6) is -1.03. The van der Waals surface area contributed by atoms with Gasteiger partial charge in [-0.3, -0.25) is 9.10 Å². The van der Waals surface area contributed by atoms with Crippen LogP contribution in [0.2, 0.25) is 0 Å². The number of hydrogen-bond acceptors (Lipinski definition) is 5. The first-order valence-corrected chi connectivity index (χ1v) is 10.4. The van der Waals surface area contributed by atoms with Crippen molar-refractivity contribution in [1.82, 2.24) is 4.98 Å². The van der Waals surface area contributed by atoms with Gasteiger partial charge in [0.2, 0.25) is 16.0 Å². The molecule has 0 aliphatic carbocycles. The third-order valence-corrected chi connectivity index (χ3v) is 7.00. The largest absolute Gasteiger partial charge is 0.294 e. The van der Waals surface area contributed by atoms with Crippen LogP contribution in [0.4, 0.5) is 9.39 Å². The maximum atomic E-state index is 13.4. The average Bonchev–Trinajstić information content (AvgIpc) is 2.98. The molecule has 0 fully saturated rings. The van der Waals surface area contributed by atoms with E-state index in [2.05, 4.69) is 4.98 Å². The fourth-order valence-corrected chi connectivity index (χ4v) is 5.32. The maximum absolute atomic E-state index is 13.4. The highest BCUT2D eigenvalue weighted by atomic mass is 32.2. The Morgan fingerprint density at radius 1 is 1.27 bits per heavy atom. The van der Waals surface area contributed by atoms with Gasteiger partial charge >= 0.3 is 0 Å². The Hall–Kier alpha value is -2.32. The van der Waals surface area contributed by atoms with Gasteiger partial charge in [-0.25, -0.2) is 13.4 Å².